The van der Waals surface area contributed by atoms with Gasteiger partial charge in [-0.25, -0.2) is 4.79 Å². The quantitative estimate of drug-likeness (QED) is 0.684. The fraction of sp³-hybridized carbons (Fsp3) is 0.556. The van der Waals surface area contributed by atoms with Gasteiger partial charge in [0, 0.05) is 13.3 Å². The van der Waals surface area contributed by atoms with Crippen molar-refractivity contribution in [1.82, 2.24) is 0 Å². The van der Waals surface area contributed by atoms with E-state index in [0.717, 1.165) is 6.42 Å². The van der Waals surface area contributed by atoms with E-state index in [1.54, 1.807) is 0 Å². The molecule has 0 N–H and O–H groups in total. The Labute approximate surface area is 80.7 Å². The number of rotatable bonds is 4. The normalized spacial score (nSPS) is 10.1. The first kappa shape index (κ1) is 10.6. The van der Waals surface area contributed by atoms with Gasteiger partial charge in [-0.3, -0.25) is 4.79 Å². The predicted octanol–water partition coefficient (Wildman–Crippen LogP) is 1.25. The van der Waals surface area contributed by atoms with E-state index in [1.165, 1.54) is 6.92 Å². The molecule has 14 heavy (non-hydrogen) atoms. The lowest BCUT2D eigenvalue weighted by atomic mass is 10.2. The number of ether oxygens (including phenoxy) is 1. The van der Waals surface area contributed by atoms with Crippen molar-refractivity contribution in [3.05, 3.63) is 22.1 Å². The van der Waals surface area contributed by atoms with Crippen molar-refractivity contribution in [3.8, 4) is 0 Å². The van der Waals surface area contributed by atoms with Gasteiger partial charge in [-0.05, 0) is 6.42 Å². The third kappa shape index (κ3) is 2.76. The number of carbonyl (C=O) groups is 1. The maximum Gasteiger partial charge on any atom is 0.519 e. The third-order valence-electron chi connectivity index (χ3n) is 1.61. The summed E-state index contributed by atoms with van der Waals surface area (Å²) in [5.41, 5.74) is 0. The largest absolute Gasteiger partial charge is 0.519 e. The van der Waals surface area contributed by atoms with Gasteiger partial charge in [0.15, 0.2) is 18.1 Å². The highest BCUT2D eigenvalue weighted by Gasteiger charge is 2.12. The van der Waals surface area contributed by atoms with E-state index >= 15 is 0 Å². The number of hydrogen-bond acceptors (Lipinski definition) is 5. The topological polar surface area (TPSA) is 69.7 Å². The molecule has 0 radical (unpaired) electrons. The first-order valence-corrected chi connectivity index (χ1v) is 4.38. The standard InChI is InChI=1S/C9H12O5/c1-3-4-7-8(5-12-6(2)10)14-9(11)13-7/h3-5H2,1-2H3. The fourth-order valence-corrected chi connectivity index (χ4v) is 1.03. The summed E-state index contributed by atoms with van der Waals surface area (Å²) in [5, 5.41) is 0. The zero-order valence-corrected chi connectivity index (χ0v) is 8.16. The number of carbonyl (C=O) groups excluding carboxylic acids is 1. The van der Waals surface area contributed by atoms with E-state index in [1.807, 2.05) is 6.92 Å². The summed E-state index contributed by atoms with van der Waals surface area (Å²) in [4.78, 5) is 21.3. The zero-order chi connectivity index (χ0) is 10.6. The average molecular weight is 200 g/mol. The van der Waals surface area contributed by atoms with Crippen molar-refractivity contribution in [3.63, 3.8) is 0 Å². The number of aryl methyl sites for hydroxylation is 1. The molecule has 5 nitrogen and oxygen atoms in total. The molecule has 1 aromatic heterocycles. The lowest BCUT2D eigenvalue weighted by Gasteiger charge is -1.98. The average Bonchev–Trinajstić information content (AvgIpc) is 2.44. The molecule has 0 aliphatic rings. The van der Waals surface area contributed by atoms with Crippen molar-refractivity contribution < 1.29 is 18.4 Å². The molecule has 0 aliphatic heterocycles. The van der Waals surface area contributed by atoms with Gasteiger partial charge in [-0.15, -0.1) is 0 Å². The molecular weight excluding hydrogens is 188 g/mol. The maximum atomic E-state index is 10.8. The smallest absolute Gasteiger partial charge is 0.458 e. The molecule has 1 aromatic rings. The molecule has 0 aromatic carbocycles. The van der Waals surface area contributed by atoms with Crippen LogP contribution in [-0.4, -0.2) is 5.97 Å². The zero-order valence-electron chi connectivity index (χ0n) is 8.16. The lowest BCUT2D eigenvalue weighted by Crippen LogP contribution is -2.00. The van der Waals surface area contributed by atoms with Crippen LogP contribution >= 0.6 is 0 Å². The molecule has 0 spiro atoms. The molecule has 0 amide bonds. The molecule has 0 unspecified atom stereocenters. The maximum absolute atomic E-state index is 10.8. The van der Waals surface area contributed by atoms with Crippen molar-refractivity contribution in [2.45, 2.75) is 33.3 Å². The molecule has 0 atom stereocenters. The van der Waals surface area contributed by atoms with Gasteiger partial charge in [0.25, 0.3) is 0 Å². The molecule has 0 fully saturated rings. The van der Waals surface area contributed by atoms with Crippen LogP contribution in [-0.2, 0) is 22.6 Å². The van der Waals surface area contributed by atoms with Crippen molar-refractivity contribution >= 4 is 5.97 Å². The van der Waals surface area contributed by atoms with Crippen LogP contribution in [0.15, 0.2) is 13.6 Å². The Morgan fingerprint density at radius 2 is 2.00 bits per heavy atom. The van der Waals surface area contributed by atoms with Gasteiger partial charge in [0.05, 0.1) is 0 Å². The van der Waals surface area contributed by atoms with Gasteiger partial charge in [0.1, 0.15) is 0 Å². The minimum absolute atomic E-state index is 0.0452. The Hall–Kier alpha value is -1.52. The Morgan fingerprint density at radius 3 is 2.57 bits per heavy atom. The van der Waals surface area contributed by atoms with Gasteiger partial charge in [0.2, 0.25) is 0 Å². The highest BCUT2D eigenvalue weighted by atomic mass is 16.6. The van der Waals surface area contributed by atoms with Crippen LogP contribution in [0.1, 0.15) is 31.8 Å². The summed E-state index contributed by atoms with van der Waals surface area (Å²) in [6, 6.07) is 0. The molecule has 0 saturated carbocycles. The molecule has 78 valence electrons. The summed E-state index contributed by atoms with van der Waals surface area (Å²) >= 11 is 0. The Bertz CT molecular complexity index is 360. The first-order valence-electron chi connectivity index (χ1n) is 4.38. The Balaban J connectivity index is 2.73. The van der Waals surface area contributed by atoms with E-state index in [-0.39, 0.29) is 6.61 Å². The van der Waals surface area contributed by atoms with Crippen LogP contribution < -0.4 is 5.82 Å². The van der Waals surface area contributed by atoms with Crippen molar-refractivity contribution in [2.24, 2.45) is 0 Å². The second kappa shape index (κ2) is 4.64. The minimum atomic E-state index is -0.754. The molecule has 0 saturated heterocycles. The first-order chi connectivity index (χ1) is 6.63. The Morgan fingerprint density at radius 1 is 1.36 bits per heavy atom. The minimum Gasteiger partial charge on any atom is -0.458 e. The second-order valence-corrected chi connectivity index (χ2v) is 2.83. The van der Waals surface area contributed by atoms with E-state index < -0.39 is 11.8 Å². The fourth-order valence-electron chi connectivity index (χ4n) is 1.03. The summed E-state index contributed by atoms with van der Waals surface area (Å²) in [5.74, 6) is -0.419. The van der Waals surface area contributed by atoms with E-state index in [2.05, 4.69) is 0 Å². The lowest BCUT2D eigenvalue weighted by molar-refractivity contribution is -0.142. The van der Waals surface area contributed by atoms with E-state index in [0.29, 0.717) is 17.9 Å². The van der Waals surface area contributed by atoms with Crippen LogP contribution in [0.2, 0.25) is 0 Å². The summed E-state index contributed by atoms with van der Waals surface area (Å²) < 4.78 is 14.2. The third-order valence-corrected chi connectivity index (χ3v) is 1.61. The highest BCUT2D eigenvalue weighted by molar-refractivity contribution is 5.65. The number of hydrogen-bond donors (Lipinski definition) is 0. The second-order valence-electron chi connectivity index (χ2n) is 2.83. The van der Waals surface area contributed by atoms with Crippen molar-refractivity contribution in [2.75, 3.05) is 0 Å². The molecular formula is C9H12O5. The molecule has 1 rings (SSSR count). The van der Waals surface area contributed by atoms with Crippen LogP contribution in [0.3, 0.4) is 0 Å². The van der Waals surface area contributed by atoms with Gasteiger partial charge in [-0.1, -0.05) is 6.92 Å². The monoisotopic (exact) mass is 200 g/mol. The van der Waals surface area contributed by atoms with Gasteiger partial charge in [-0.2, -0.15) is 0 Å². The van der Waals surface area contributed by atoms with Crippen LogP contribution in [0.4, 0.5) is 0 Å². The summed E-state index contributed by atoms with van der Waals surface area (Å²) in [7, 11) is 0. The van der Waals surface area contributed by atoms with Gasteiger partial charge >= 0.3 is 11.8 Å². The Kier molecular flexibility index (Phi) is 3.50. The van der Waals surface area contributed by atoms with Crippen molar-refractivity contribution in [1.29, 1.82) is 0 Å². The van der Waals surface area contributed by atoms with Gasteiger partial charge < -0.3 is 13.6 Å². The predicted molar refractivity (Wildman–Crippen MR) is 46.7 cm³/mol. The van der Waals surface area contributed by atoms with Crippen LogP contribution in [0.25, 0.3) is 0 Å². The number of esters is 1. The highest BCUT2D eigenvalue weighted by Crippen LogP contribution is 2.10. The summed E-state index contributed by atoms with van der Waals surface area (Å²) in [6.45, 7) is 3.19. The van der Waals surface area contributed by atoms with E-state index in [4.69, 9.17) is 13.6 Å². The summed E-state index contributed by atoms with van der Waals surface area (Å²) in [6.07, 6.45) is 1.43. The van der Waals surface area contributed by atoms with Crippen LogP contribution in [0, 0.1) is 0 Å². The molecule has 1 heterocycles. The van der Waals surface area contributed by atoms with Crippen LogP contribution in [0.5, 0.6) is 0 Å². The van der Waals surface area contributed by atoms with E-state index in [9.17, 15) is 9.59 Å². The molecule has 0 aliphatic carbocycles. The molecule has 5 heteroatoms. The molecule has 0 bridgehead atoms. The SMILES string of the molecule is CCCc1oc(=O)oc1COC(C)=O.